The molecule has 0 rings (SSSR count). The maximum Gasteiger partial charge on any atom is 0.300 e. The molecule has 0 aliphatic carbocycles. The average Bonchev–Trinajstić information content (AvgIpc) is 0.811. The Balaban J connectivity index is 0. The van der Waals surface area contributed by atoms with Gasteiger partial charge in [0.15, 0.2) is 0 Å². The van der Waals surface area contributed by atoms with Gasteiger partial charge < -0.3 is 5.11 Å². The van der Waals surface area contributed by atoms with Gasteiger partial charge in [0.05, 0.1) is 0 Å². The van der Waals surface area contributed by atoms with Gasteiger partial charge in [-0.25, -0.2) is 0 Å². The predicted octanol–water partition coefficient (Wildman–Crippen LogP) is 0.0909. The van der Waals surface area contributed by atoms with Crippen LogP contribution in [0.5, 0.6) is 0 Å². The number of aliphatic carboxylic acids is 1. The normalized spacial score (nSPS) is 5.00. The van der Waals surface area contributed by atoms with Crippen molar-refractivity contribution in [3.05, 3.63) is 0 Å². The summed E-state index contributed by atoms with van der Waals surface area (Å²) in [5.41, 5.74) is 0. The number of rotatable bonds is 0. The summed E-state index contributed by atoms with van der Waals surface area (Å²) in [7, 11) is 0. The monoisotopic (exact) mass is 212 g/mol. The molecule has 0 aliphatic heterocycles. The van der Waals surface area contributed by atoms with Crippen LogP contribution in [-0.4, -0.2) is 11.1 Å². The zero-order valence-electron chi connectivity index (χ0n) is 2.76. The van der Waals surface area contributed by atoms with Crippen LogP contribution in [0.3, 0.4) is 0 Å². The van der Waals surface area contributed by atoms with E-state index >= 15 is 0 Å². The summed E-state index contributed by atoms with van der Waals surface area (Å²) < 4.78 is 0. The minimum Gasteiger partial charge on any atom is -0.481 e. The Bertz CT molecular complexity index is 30.6. The van der Waals surface area contributed by atoms with Gasteiger partial charge in [-0.05, 0) is 0 Å². The molecule has 0 spiro atoms. The Morgan fingerprint density at radius 2 is 1.80 bits per heavy atom. The van der Waals surface area contributed by atoms with Gasteiger partial charge in [0.25, 0.3) is 5.97 Å². The third-order valence-electron chi connectivity index (χ3n) is 0. The Kier molecular flexibility index (Phi) is 8.90. The molecule has 0 heterocycles. The van der Waals surface area contributed by atoms with E-state index in [0.717, 1.165) is 6.92 Å². The quantitative estimate of drug-likeness (QED) is 0.615. The largest absolute Gasteiger partial charge is 0.481 e. The molecule has 0 bridgehead atoms. The molecule has 0 aromatic carbocycles. The summed E-state index contributed by atoms with van der Waals surface area (Å²) in [5, 5.41) is 7.42. The predicted molar refractivity (Wildman–Crippen MR) is 13.3 cm³/mol. The molecule has 0 amide bonds. The molecule has 0 radical (unpaired) electrons. The molecule has 2 nitrogen and oxygen atoms in total. The second kappa shape index (κ2) is 4.81. The van der Waals surface area contributed by atoms with E-state index in [9.17, 15) is 0 Å². The third kappa shape index (κ3) is 58.1. The summed E-state index contributed by atoms with van der Waals surface area (Å²) in [6.45, 7) is 1.08. The Hall–Kier alpha value is 0.808. The fourth-order valence-electron chi connectivity index (χ4n) is 0. The van der Waals surface area contributed by atoms with Crippen LogP contribution in [0, 0.1) is 40.4 Å². The maximum atomic E-state index is 9.00. The number of carboxylic acids is 1. The summed E-state index contributed by atoms with van der Waals surface area (Å²) in [6.07, 6.45) is 0. The van der Waals surface area contributed by atoms with Gasteiger partial charge in [0.2, 0.25) is 0 Å². The standard InChI is InChI=1S/C2H4O2.Sm/c1-2(3)4;/h1H3,(H,3,4);. The second-order valence-corrected chi connectivity index (χ2v) is 0.519. The number of hydrogen-bond acceptors (Lipinski definition) is 1. The van der Waals surface area contributed by atoms with Crippen molar-refractivity contribution < 1.29 is 50.3 Å². The van der Waals surface area contributed by atoms with E-state index in [4.69, 9.17) is 9.90 Å². The van der Waals surface area contributed by atoms with Crippen LogP contribution in [0.15, 0.2) is 0 Å². The summed E-state index contributed by atoms with van der Waals surface area (Å²) in [4.78, 5) is 9.00. The van der Waals surface area contributed by atoms with E-state index in [1.54, 1.807) is 0 Å². The summed E-state index contributed by atoms with van der Waals surface area (Å²) >= 11 is 0. The number of carboxylic acid groups (broad SMARTS) is 1. The van der Waals surface area contributed by atoms with Gasteiger partial charge in [0, 0.05) is 47.3 Å². The van der Waals surface area contributed by atoms with E-state index in [0.29, 0.717) is 0 Å². The molecule has 5 heavy (non-hydrogen) atoms. The second-order valence-electron chi connectivity index (χ2n) is 0.519. The van der Waals surface area contributed by atoms with Crippen molar-refractivity contribution in [3.8, 4) is 0 Å². The van der Waals surface area contributed by atoms with Crippen LogP contribution in [0.2, 0.25) is 0 Å². The van der Waals surface area contributed by atoms with Crippen molar-refractivity contribution >= 4 is 5.97 Å². The van der Waals surface area contributed by atoms with Crippen molar-refractivity contribution in [3.63, 3.8) is 0 Å². The van der Waals surface area contributed by atoms with Crippen LogP contribution < -0.4 is 0 Å². The van der Waals surface area contributed by atoms with E-state index in [-0.39, 0.29) is 40.4 Å². The maximum absolute atomic E-state index is 9.00. The number of hydrogen-bond donors (Lipinski definition) is 1. The first kappa shape index (κ1) is 9.26. The van der Waals surface area contributed by atoms with Crippen LogP contribution in [0.1, 0.15) is 6.92 Å². The van der Waals surface area contributed by atoms with Crippen molar-refractivity contribution in [2.45, 2.75) is 6.92 Å². The van der Waals surface area contributed by atoms with E-state index < -0.39 is 5.97 Å². The molecule has 1 N–H and O–H groups in total. The smallest absolute Gasteiger partial charge is 0.300 e. The van der Waals surface area contributed by atoms with Gasteiger partial charge in [0.1, 0.15) is 0 Å². The van der Waals surface area contributed by atoms with E-state index in [2.05, 4.69) is 0 Å². The van der Waals surface area contributed by atoms with Crippen molar-refractivity contribution in [2.75, 3.05) is 0 Å². The Labute approximate surface area is 62.7 Å². The fraction of sp³-hybridized carbons (Fsp3) is 0.500. The third-order valence-corrected chi connectivity index (χ3v) is 0. The molecule has 0 fully saturated rings. The molecule has 0 aromatic heterocycles. The fourth-order valence-corrected chi connectivity index (χ4v) is 0. The Morgan fingerprint density at radius 3 is 1.80 bits per heavy atom. The molecule has 0 saturated carbocycles. The summed E-state index contributed by atoms with van der Waals surface area (Å²) in [5.74, 6) is -0.833. The number of carbonyl (C=O) groups is 1. The van der Waals surface area contributed by atoms with Crippen LogP contribution in [-0.2, 0) is 4.79 Å². The van der Waals surface area contributed by atoms with Crippen molar-refractivity contribution in [1.82, 2.24) is 0 Å². The molecule has 30 valence electrons. The molecule has 3 heteroatoms. The average molecular weight is 210 g/mol. The molecule has 0 aliphatic rings. The van der Waals surface area contributed by atoms with Crippen LogP contribution >= 0.6 is 0 Å². The topological polar surface area (TPSA) is 37.3 Å². The van der Waals surface area contributed by atoms with Gasteiger partial charge >= 0.3 is 0 Å². The Morgan fingerprint density at radius 1 is 1.80 bits per heavy atom. The SMILES string of the molecule is CC(=O)O.[Sm]. The van der Waals surface area contributed by atoms with Crippen molar-refractivity contribution in [1.29, 1.82) is 0 Å². The first-order chi connectivity index (χ1) is 1.73. The minimum absolute atomic E-state index is 0. The minimum atomic E-state index is -0.833. The van der Waals surface area contributed by atoms with Gasteiger partial charge in [-0.1, -0.05) is 0 Å². The molecule has 0 atom stereocenters. The van der Waals surface area contributed by atoms with E-state index in [1.165, 1.54) is 0 Å². The zero-order chi connectivity index (χ0) is 3.58. The van der Waals surface area contributed by atoms with E-state index in [1.807, 2.05) is 0 Å². The molecule has 0 aromatic rings. The summed E-state index contributed by atoms with van der Waals surface area (Å²) in [6, 6.07) is 0. The molecular formula is C2H4O2Sm. The van der Waals surface area contributed by atoms with Gasteiger partial charge in [-0.3, -0.25) is 4.79 Å². The van der Waals surface area contributed by atoms with Gasteiger partial charge in [-0.15, -0.1) is 0 Å². The first-order valence-corrected chi connectivity index (χ1v) is 0.928. The van der Waals surface area contributed by atoms with Crippen LogP contribution in [0.25, 0.3) is 0 Å². The van der Waals surface area contributed by atoms with Crippen LogP contribution in [0.4, 0.5) is 0 Å². The van der Waals surface area contributed by atoms with Gasteiger partial charge in [-0.2, -0.15) is 0 Å². The first-order valence-electron chi connectivity index (χ1n) is 0.928. The zero-order valence-corrected chi connectivity index (χ0v) is 5.38. The molecular weight excluding hydrogens is 206 g/mol. The molecule has 0 saturated heterocycles. The van der Waals surface area contributed by atoms with Crippen molar-refractivity contribution in [2.24, 2.45) is 0 Å². The molecule has 0 unspecified atom stereocenters.